The average Bonchev–Trinajstić information content (AvgIpc) is 2.72. The van der Waals surface area contributed by atoms with Gasteiger partial charge in [-0.3, -0.25) is 9.36 Å². The third-order valence-electron chi connectivity index (χ3n) is 5.08. The highest BCUT2D eigenvalue weighted by Crippen LogP contribution is 2.21. The number of pyridine rings is 2. The standard InChI is InChI=1S/C25H30N2O/c1-3-5-6-7-8-9-18-27-24-22(12-10-17-26-24)19-23(25(27)28)21-15-13-20(11-4-2)14-16-21/h8-10,12-17,19H,3-7,11,18H2,1-2H3. The zero-order chi connectivity index (χ0) is 19.8. The summed E-state index contributed by atoms with van der Waals surface area (Å²) in [6.07, 6.45) is 13.0. The number of hydrogen-bond acceptors (Lipinski definition) is 2. The highest BCUT2D eigenvalue weighted by Gasteiger charge is 2.11. The van der Waals surface area contributed by atoms with Crippen molar-refractivity contribution < 1.29 is 0 Å². The predicted molar refractivity (Wildman–Crippen MR) is 119 cm³/mol. The Morgan fingerprint density at radius 3 is 2.57 bits per heavy atom. The van der Waals surface area contributed by atoms with Crippen molar-refractivity contribution in [2.24, 2.45) is 0 Å². The minimum Gasteiger partial charge on any atom is -0.288 e. The van der Waals surface area contributed by atoms with E-state index in [9.17, 15) is 4.79 Å². The van der Waals surface area contributed by atoms with Crippen LogP contribution in [-0.2, 0) is 13.0 Å². The lowest BCUT2D eigenvalue weighted by Crippen LogP contribution is -2.22. The smallest absolute Gasteiger partial charge is 0.260 e. The third-order valence-corrected chi connectivity index (χ3v) is 5.08. The lowest BCUT2D eigenvalue weighted by Gasteiger charge is -2.11. The second-order valence-corrected chi connectivity index (χ2v) is 7.30. The molecule has 0 aliphatic rings. The van der Waals surface area contributed by atoms with E-state index in [4.69, 9.17) is 0 Å². The number of aromatic nitrogens is 2. The molecular weight excluding hydrogens is 344 g/mol. The molecule has 0 saturated heterocycles. The zero-order valence-electron chi connectivity index (χ0n) is 17.0. The molecule has 0 fully saturated rings. The number of rotatable bonds is 9. The highest BCUT2D eigenvalue weighted by atomic mass is 16.1. The lowest BCUT2D eigenvalue weighted by atomic mass is 10.0. The lowest BCUT2D eigenvalue weighted by molar-refractivity contribution is 0.725. The molecule has 1 aromatic carbocycles. The number of allylic oxidation sites excluding steroid dienone is 2. The van der Waals surface area contributed by atoms with Crippen LogP contribution in [0.5, 0.6) is 0 Å². The van der Waals surface area contributed by atoms with E-state index in [1.54, 1.807) is 10.8 Å². The molecule has 0 bridgehead atoms. The van der Waals surface area contributed by atoms with Gasteiger partial charge >= 0.3 is 0 Å². The first kappa shape index (κ1) is 20.1. The van der Waals surface area contributed by atoms with Crippen LogP contribution in [0, 0.1) is 0 Å². The predicted octanol–water partition coefficient (Wildman–Crippen LogP) is 6.15. The number of nitrogens with zero attached hydrogens (tertiary/aromatic N) is 2. The van der Waals surface area contributed by atoms with E-state index >= 15 is 0 Å². The van der Waals surface area contributed by atoms with Gasteiger partial charge in [0.05, 0.1) is 0 Å². The van der Waals surface area contributed by atoms with Crippen molar-refractivity contribution in [1.29, 1.82) is 0 Å². The van der Waals surface area contributed by atoms with Crippen molar-refractivity contribution in [3.8, 4) is 11.1 Å². The van der Waals surface area contributed by atoms with Gasteiger partial charge in [-0.2, -0.15) is 0 Å². The summed E-state index contributed by atoms with van der Waals surface area (Å²) in [6.45, 7) is 4.94. The van der Waals surface area contributed by atoms with Crippen LogP contribution >= 0.6 is 0 Å². The number of benzene rings is 1. The van der Waals surface area contributed by atoms with E-state index in [1.165, 1.54) is 24.8 Å². The van der Waals surface area contributed by atoms with Gasteiger partial charge in [-0.25, -0.2) is 4.98 Å². The molecule has 0 N–H and O–H groups in total. The van der Waals surface area contributed by atoms with Crippen LogP contribution in [-0.4, -0.2) is 9.55 Å². The van der Waals surface area contributed by atoms with Crippen molar-refractivity contribution in [2.45, 2.75) is 58.9 Å². The summed E-state index contributed by atoms with van der Waals surface area (Å²) < 4.78 is 1.79. The van der Waals surface area contributed by atoms with Crippen LogP contribution in [0.1, 0.15) is 51.5 Å². The van der Waals surface area contributed by atoms with Crippen molar-refractivity contribution in [2.75, 3.05) is 0 Å². The van der Waals surface area contributed by atoms with E-state index in [1.807, 2.05) is 18.2 Å². The average molecular weight is 375 g/mol. The summed E-state index contributed by atoms with van der Waals surface area (Å²) in [4.78, 5) is 17.7. The molecule has 2 heterocycles. The Kier molecular flexibility index (Phi) is 7.18. The quantitative estimate of drug-likeness (QED) is 0.332. The van der Waals surface area contributed by atoms with Crippen molar-refractivity contribution in [3.05, 3.63) is 76.7 Å². The van der Waals surface area contributed by atoms with Gasteiger partial charge in [-0.1, -0.05) is 69.5 Å². The fourth-order valence-corrected chi connectivity index (χ4v) is 3.53. The Hall–Kier alpha value is -2.68. The molecule has 0 aliphatic heterocycles. The van der Waals surface area contributed by atoms with Gasteiger partial charge in [0.25, 0.3) is 5.56 Å². The maximum absolute atomic E-state index is 13.2. The van der Waals surface area contributed by atoms with Crippen LogP contribution < -0.4 is 5.56 Å². The number of aryl methyl sites for hydroxylation is 1. The molecule has 28 heavy (non-hydrogen) atoms. The van der Waals surface area contributed by atoms with Crippen LogP contribution in [0.2, 0.25) is 0 Å². The van der Waals surface area contributed by atoms with Gasteiger partial charge in [0, 0.05) is 23.7 Å². The first-order valence-corrected chi connectivity index (χ1v) is 10.5. The SMILES string of the molecule is CCCCCC=CCn1c(=O)c(-c2ccc(CCC)cc2)cc2cccnc21. The Labute approximate surface area is 167 Å². The molecule has 0 atom stereocenters. The molecule has 3 nitrogen and oxygen atoms in total. The molecule has 3 heteroatoms. The Morgan fingerprint density at radius 1 is 1.00 bits per heavy atom. The normalized spacial score (nSPS) is 11.5. The van der Waals surface area contributed by atoms with Gasteiger partial charge in [0.2, 0.25) is 0 Å². The second-order valence-electron chi connectivity index (χ2n) is 7.30. The maximum atomic E-state index is 13.2. The summed E-state index contributed by atoms with van der Waals surface area (Å²) in [6, 6.07) is 14.3. The summed E-state index contributed by atoms with van der Waals surface area (Å²) >= 11 is 0. The summed E-state index contributed by atoms with van der Waals surface area (Å²) in [7, 11) is 0. The summed E-state index contributed by atoms with van der Waals surface area (Å²) in [5.41, 5.74) is 3.79. The minimum absolute atomic E-state index is 0.0210. The topological polar surface area (TPSA) is 34.9 Å². The van der Waals surface area contributed by atoms with Crippen LogP contribution in [0.3, 0.4) is 0 Å². The van der Waals surface area contributed by atoms with Crippen LogP contribution in [0.4, 0.5) is 0 Å². The molecular formula is C25H30N2O. The molecule has 0 saturated carbocycles. The van der Waals surface area contributed by atoms with Gasteiger partial charge in [0.15, 0.2) is 0 Å². The van der Waals surface area contributed by atoms with E-state index in [-0.39, 0.29) is 5.56 Å². The molecule has 0 unspecified atom stereocenters. The zero-order valence-corrected chi connectivity index (χ0v) is 17.0. The monoisotopic (exact) mass is 374 g/mol. The minimum atomic E-state index is 0.0210. The van der Waals surface area contributed by atoms with E-state index in [2.05, 4.69) is 55.2 Å². The summed E-state index contributed by atoms with van der Waals surface area (Å²) in [5, 5.41) is 0.995. The van der Waals surface area contributed by atoms with Gasteiger partial charge in [-0.05, 0) is 48.6 Å². The summed E-state index contributed by atoms with van der Waals surface area (Å²) in [5.74, 6) is 0. The fraction of sp³-hybridized carbons (Fsp3) is 0.360. The molecule has 3 aromatic rings. The molecule has 2 aromatic heterocycles. The van der Waals surface area contributed by atoms with Gasteiger partial charge < -0.3 is 0 Å². The molecule has 0 amide bonds. The third kappa shape index (κ3) is 4.78. The number of unbranched alkanes of at least 4 members (excludes halogenated alkanes) is 3. The van der Waals surface area contributed by atoms with Crippen molar-refractivity contribution in [1.82, 2.24) is 9.55 Å². The van der Waals surface area contributed by atoms with E-state index in [0.717, 1.165) is 41.4 Å². The molecule has 0 aliphatic carbocycles. The second kappa shape index (κ2) is 10.0. The Bertz CT molecular complexity index is 984. The highest BCUT2D eigenvalue weighted by molar-refractivity contribution is 5.81. The van der Waals surface area contributed by atoms with Crippen LogP contribution in [0.25, 0.3) is 22.2 Å². The van der Waals surface area contributed by atoms with E-state index < -0.39 is 0 Å². The number of hydrogen-bond donors (Lipinski definition) is 0. The first-order valence-electron chi connectivity index (χ1n) is 10.5. The van der Waals surface area contributed by atoms with Gasteiger partial charge in [0.1, 0.15) is 5.65 Å². The molecule has 3 rings (SSSR count). The maximum Gasteiger partial charge on any atom is 0.260 e. The molecule has 0 spiro atoms. The Balaban J connectivity index is 1.95. The first-order chi connectivity index (χ1) is 13.7. The van der Waals surface area contributed by atoms with Gasteiger partial charge in [-0.15, -0.1) is 0 Å². The fourth-order valence-electron chi connectivity index (χ4n) is 3.53. The molecule has 146 valence electrons. The Morgan fingerprint density at radius 2 is 1.82 bits per heavy atom. The molecule has 0 radical (unpaired) electrons. The van der Waals surface area contributed by atoms with Crippen molar-refractivity contribution >= 4 is 11.0 Å². The largest absolute Gasteiger partial charge is 0.288 e. The van der Waals surface area contributed by atoms with Crippen molar-refractivity contribution in [3.63, 3.8) is 0 Å². The van der Waals surface area contributed by atoms with Crippen LogP contribution in [0.15, 0.2) is 65.6 Å². The van der Waals surface area contributed by atoms with E-state index in [0.29, 0.717) is 6.54 Å². The number of fused-ring (bicyclic) bond motifs is 1.